The molecule has 2 rings (SSSR count). The van der Waals surface area contributed by atoms with Crippen LogP contribution < -0.4 is 5.32 Å². The summed E-state index contributed by atoms with van der Waals surface area (Å²) < 4.78 is 5.24. The van der Waals surface area contributed by atoms with Crippen LogP contribution in [0.1, 0.15) is 41.9 Å². The molecule has 4 heteroatoms. The average molecular weight is 255 g/mol. The maximum atomic E-state index is 11.8. The highest BCUT2D eigenvalue weighted by atomic mass is 32.1. The first-order chi connectivity index (χ1) is 8.25. The second-order valence-corrected chi connectivity index (χ2v) is 4.92. The summed E-state index contributed by atoms with van der Waals surface area (Å²) in [6.07, 6.45) is 1.85. The molecular weight excluding hydrogens is 234 g/mol. The van der Waals surface area contributed by atoms with Crippen LogP contribution in [-0.2, 0) is 4.74 Å². The summed E-state index contributed by atoms with van der Waals surface area (Å²) in [7, 11) is 0. The number of ether oxygens (including phenoxy) is 1. The van der Waals surface area contributed by atoms with Crippen molar-refractivity contribution in [2.45, 2.75) is 39.7 Å². The lowest BCUT2D eigenvalue weighted by Gasteiger charge is -2.22. The Morgan fingerprint density at radius 2 is 2.06 bits per heavy atom. The average Bonchev–Trinajstić information content (AvgIpc) is 2.80. The van der Waals surface area contributed by atoms with Gasteiger partial charge in [-0.3, -0.25) is 4.79 Å². The van der Waals surface area contributed by atoms with Gasteiger partial charge in [-0.15, -0.1) is 11.3 Å². The van der Waals surface area contributed by atoms with Gasteiger partial charge in [-0.1, -0.05) is 13.8 Å². The molecule has 1 saturated heterocycles. The fourth-order valence-electron chi connectivity index (χ4n) is 1.67. The van der Waals surface area contributed by atoms with E-state index in [4.69, 9.17) is 4.74 Å². The van der Waals surface area contributed by atoms with Crippen LogP contribution in [-0.4, -0.2) is 25.2 Å². The van der Waals surface area contributed by atoms with Crippen LogP contribution in [0.25, 0.3) is 0 Å². The van der Waals surface area contributed by atoms with Gasteiger partial charge in [0, 0.05) is 29.5 Å². The molecule has 0 bridgehead atoms. The zero-order valence-corrected chi connectivity index (χ0v) is 11.6. The molecule has 0 radical (unpaired) electrons. The fraction of sp³-hybridized carbons (Fsp3) is 0.615. The maximum Gasteiger partial charge on any atom is 0.252 e. The Labute approximate surface area is 107 Å². The van der Waals surface area contributed by atoms with E-state index < -0.39 is 0 Å². The Balaban J connectivity index is 0.000000686. The number of nitrogens with one attached hydrogen (secondary N) is 1. The summed E-state index contributed by atoms with van der Waals surface area (Å²) in [6.45, 7) is 7.52. The van der Waals surface area contributed by atoms with Crippen molar-refractivity contribution in [2.75, 3.05) is 13.2 Å². The molecule has 1 aliphatic heterocycles. The minimum absolute atomic E-state index is 0.0475. The van der Waals surface area contributed by atoms with Gasteiger partial charge in [0.05, 0.1) is 5.56 Å². The Morgan fingerprint density at radius 1 is 1.41 bits per heavy atom. The third kappa shape index (κ3) is 4.48. The van der Waals surface area contributed by atoms with Crippen LogP contribution in [0, 0.1) is 6.92 Å². The van der Waals surface area contributed by atoms with Crippen molar-refractivity contribution in [3.8, 4) is 0 Å². The molecule has 0 saturated carbocycles. The Bertz CT molecular complexity index is 343. The minimum Gasteiger partial charge on any atom is -0.381 e. The van der Waals surface area contributed by atoms with E-state index in [2.05, 4.69) is 5.32 Å². The largest absolute Gasteiger partial charge is 0.381 e. The lowest BCUT2D eigenvalue weighted by Crippen LogP contribution is -2.38. The van der Waals surface area contributed by atoms with Gasteiger partial charge in [-0.05, 0) is 25.8 Å². The Kier molecular flexibility index (Phi) is 6.22. The van der Waals surface area contributed by atoms with E-state index >= 15 is 0 Å². The summed E-state index contributed by atoms with van der Waals surface area (Å²) >= 11 is 1.61. The van der Waals surface area contributed by atoms with E-state index in [0.717, 1.165) is 31.6 Å². The van der Waals surface area contributed by atoms with E-state index in [9.17, 15) is 4.79 Å². The summed E-state index contributed by atoms with van der Waals surface area (Å²) in [4.78, 5) is 13.0. The zero-order valence-electron chi connectivity index (χ0n) is 10.8. The van der Waals surface area contributed by atoms with E-state index in [-0.39, 0.29) is 11.9 Å². The number of hydrogen-bond acceptors (Lipinski definition) is 3. The van der Waals surface area contributed by atoms with Gasteiger partial charge in [-0.2, -0.15) is 0 Å². The lowest BCUT2D eigenvalue weighted by molar-refractivity contribution is 0.0696. The summed E-state index contributed by atoms with van der Waals surface area (Å²) in [5, 5.41) is 4.94. The molecule has 0 spiro atoms. The normalized spacial score (nSPS) is 15.9. The third-order valence-electron chi connectivity index (χ3n) is 2.55. The molecular formula is C13H21NO2S. The first-order valence-electron chi connectivity index (χ1n) is 6.19. The molecule has 0 unspecified atom stereocenters. The summed E-state index contributed by atoms with van der Waals surface area (Å²) in [6, 6.07) is 2.21. The van der Waals surface area contributed by atoms with Crippen molar-refractivity contribution in [1.29, 1.82) is 0 Å². The highest BCUT2D eigenvalue weighted by molar-refractivity contribution is 7.10. The van der Waals surface area contributed by atoms with Gasteiger partial charge in [0.2, 0.25) is 0 Å². The van der Waals surface area contributed by atoms with Crippen molar-refractivity contribution in [1.82, 2.24) is 5.32 Å². The molecule has 1 N–H and O–H groups in total. The smallest absolute Gasteiger partial charge is 0.252 e. The standard InChI is InChI=1S/C11H15NO2S.C2H6/c1-8-6-9(7-15-8)11(13)12-10-2-4-14-5-3-10;1-2/h6-7,10H,2-5H2,1H3,(H,12,13);1-2H3. The molecule has 3 nitrogen and oxygen atoms in total. The molecule has 0 atom stereocenters. The number of carbonyl (C=O) groups is 1. The van der Waals surface area contributed by atoms with E-state index in [0.29, 0.717) is 0 Å². The number of thiophene rings is 1. The third-order valence-corrected chi connectivity index (χ3v) is 3.41. The Hall–Kier alpha value is -0.870. The maximum absolute atomic E-state index is 11.8. The predicted octanol–water partition coefficient (Wildman–Crippen LogP) is 2.99. The molecule has 17 heavy (non-hydrogen) atoms. The quantitative estimate of drug-likeness (QED) is 0.882. The molecule has 1 aliphatic rings. The van der Waals surface area contributed by atoms with Gasteiger partial charge in [0.1, 0.15) is 0 Å². The van der Waals surface area contributed by atoms with Crippen LogP contribution in [0.4, 0.5) is 0 Å². The first kappa shape index (κ1) is 14.2. The lowest BCUT2D eigenvalue weighted by atomic mass is 10.1. The molecule has 96 valence electrons. The van der Waals surface area contributed by atoms with E-state index in [1.165, 1.54) is 4.88 Å². The SMILES string of the molecule is CC.Cc1cc(C(=O)NC2CCOCC2)cs1. The summed E-state index contributed by atoms with van der Waals surface area (Å²) in [5.41, 5.74) is 0.781. The summed E-state index contributed by atoms with van der Waals surface area (Å²) in [5.74, 6) is 0.0475. The fourth-order valence-corrected chi connectivity index (χ4v) is 2.36. The second kappa shape index (κ2) is 7.45. The van der Waals surface area contributed by atoms with E-state index in [1.807, 2.05) is 32.2 Å². The number of carbonyl (C=O) groups excluding carboxylic acids is 1. The number of rotatable bonds is 2. The molecule has 0 aromatic carbocycles. The van der Waals surface area contributed by atoms with Crippen molar-refractivity contribution in [2.24, 2.45) is 0 Å². The molecule has 1 fully saturated rings. The van der Waals surface area contributed by atoms with Crippen LogP contribution >= 0.6 is 11.3 Å². The molecule has 1 aromatic heterocycles. The van der Waals surface area contributed by atoms with Gasteiger partial charge >= 0.3 is 0 Å². The van der Waals surface area contributed by atoms with Crippen LogP contribution in [0.3, 0.4) is 0 Å². The predicted molar refractivity (Wildman–Crippen MR) is 71.7 cm³/mol. The topological polar surface area (TPSA) is 38.3 Å². The van der Waals surface area contributed by atoms with Gasteiger partial charge in [0.25, 0.3) is 5.91 Å². The monoisotopic (exact) mass is 255 g/mol. The molecule has 1 amide bonds. The molecule has 1 aromatic rings. The highest BCUT2D eigenvalue weighted by Crippen LogP contribution is 2.14. The van der Waals surface area contributed by atoms with Crippen molar-refractivity contribution >= 4 is 17.2 Å². The van der Waals surface area contributed by atoms with Crippen LogP contribution in [0.5, 0.6) is 0 Å². The first-order valence-corrected chi connectivity index (χ1v) is 7.07. The number of hydrogen-bond donors (Lipinski definition) is 1. The van der Waals surface area contributed by atoms with Gasteiger partial charge < -0.3 is 10.1 Å². The van der Waals surface area contributed by atoms with Crippen molar-refractivity contribution in [3.05, 3.63) is 21.9 Å². The van der Waals surface area contributed by atoms with Gasteiger partial charge in [-0.25, -0.2) is 0 Å². The number of aryl methyl sites for hydroxylation is 1. The van der Waals surface area contributed by atoms with Crippen LogP contribution in [0.15, 0.2) is 11.4 Å². The Morgan fingerprint density at radius 3 is 2.59 bits per heavy atom. The highest BCUT2D eigenvalue weighted by Gasteiger charge is 2.17. The van der Waals surface area contributed by atoms with Crippen molar-refractivity contribution in [3.63, 3.8) is 0 Å². The second-order valence-electron chi connectivity index (χ2n) is 3.81. The van der Waals surface area contributed by atoms with Gasteiger partial charge in [0.15, 0.2) is 0 Å². The van der Waals surface area contributed by atoms with E-state index in [1.54, 1.807) is 11.3 Å². The molecule has 0 aliphatic carbocycles. The molecule has 2 heterocycles. The minimum atomic E-state index is 0.0475. The zero-order chi connectivity index (χ0) is 12.7. The number of amides is 1. The van der Waals surface area contributed by atoms with Crippen molar-refractivity contribution < 1.29 is 9.53 Å². The van der Waals surface area contributed by atoms with Crippen LogP contribution in [0.2, 0.25) is 0 Å².